The molecule has 0 bridgehead atoms. The molecule has 0 saturated carbocycles. The lowest BCUT2D eigenvalue weighted by atomic mass is 10.1. The summed E-state index contributed by atoms with van der Waals surface area (Å²) in [6.07, 6.45) is 2.38. The van der Waals surface area contributed by atoms with Crippen LogP contribution in [0.1, 0.15) is 22.4 Å². The summed E-state index contributed by atoms with van der Waals surface area (Å²) in [6.45, 7) is 2.41. The first kappa shape index (κ1) is 12.4. The molecule has 2 aromatic rings. The Kier molecular flexibility index (Phi) is 3.12. The van der Waals surface area contributed by atoms with Crippen molar-refractivity contribution in [1.29, 1.82) is 0 Å². The van der Waals surface area contributed by atoms with Crippen LogP contribution in [-0.2, 0) is 11.2 Å². The maximum atomic E-state index is 12.6. The summed E-state index contributed by atoms with van der Waals surface area (Å²) in [6, 6.07) is 1.80. The molecule has 0 spiro atoms. The Morgan fingerprint density at radius 1 is 1.58 bits per heavy atom. The highest BCUT2D eigenvalue weighted by Crippen LogP contribution is 2.31. The van der Waals surface area contributed by atoms with Crippen LogP contribution in [0, 0.1) is 6.92 Å². The molecular formula is C13H15N3O2S. The fourth-order valence-corrected chi connectivity index (χ4v) is 3.43. The molecule has 6 heteroatoms. The SMILES string of the molecule is CNC1C(=O)N(c2coc(C)n2)CCc2ccsc21. The van der Waals surface area contributed by atoms with E-state index in [1.165, 1.54) is 5.56 Å². The fourth-order valence-electron chi connectivity index (χ4n) is 2.38. The summed E-state index contributed by atoms with van der Waals surface area (Å²) in [5.41, 5.74) is 1.24. The highest BCUT2D eigenvalue weighted by atomic mass is 32.1. The standard InChI is InChI=1S/C13H15N3O2S/c1-8-15-10(7-18-8)16-5-3-9-4-6-19-12(9)11(14-2)13(16)17/h4,6-7,11,14H,3,5H2,1-2H3. The minimum atomic E-state index is -0.297. The molecule has 19 heavy (non-hydrogen) atoms. The quantitative estimate of drug-likeness (QED) is 0.910. The molecule has 1 aliphatic heterocycles. The molecule has 1 atom stereocenters. The number of nitrogens with zero attached hydrogens (tertiary/aromatic N) is 2. The van der Waals surface area contributed by atoms with Crippen LogP contribution in [0.25, 0.3) is 0 Å². The van der Waals surface area contributed by atoms with Crippen molar-refractivity contribution in [1.82, 2.24) is 10.3 Å². The summed E-state index contributed by atoms with van der Waals surface area (Å²) in [7, 11) is 1.81. The van der Waals surface area contributed by atoms with E-state index in [1.54, 1.807) is 29.4 Å². The fraction of sp³-hybridized carbons (Fsp3) is 0.385. The number of aromatic nitrogens is 1. The third-order valence-corrected chi connectivity index (χ3v) is 4.36. The van der Waals surface area contributed by atoms with Gasteiger partial charge in [0.25, 0.3) is 5.91 Å². The molecule has 3 rings (SSSR count). The number of aryl methyl sites for hydroxylation is 1. The van der Waals surface area contributed by atoms with Crippen LogP contribution in [0.15, 0.2) is 22.1 Å². The van der Waals surface area contributed by atoms with Gasteiger partial charge >= 0.3 is 0 Å². The Morgan fingerprint density at radius 3 is 3.11 bits per heavy atom. The first-order valence-corrected chi connectivity index (χ1v) is 7.05. The molecule has 0 fully saturated rings. The highest BCUT2D eigenvalue weighted by molar-refractivity contribution is 7.10. The van der Waals surface area contributed by atoms with Gasteiger partial charge in [0.15, 0.2) is 11.7 Å². The second-order valence-corrected chi connectivity index (χ2v) is 5.44. The van der Waals surface area contributed by atoms with Crippen LogP contribution in [0.5, 0.6) is 0 Å². The minimum Gasteiger partial charge on any atom is -0.447 e. The van der Waals surface area contributed by atoms with Gasteiger partial charge in [-0.1, -0.05) is 0 Å². The van der Waals surface area contributed by atoms with Gasteiger partial charge in [0, 0.05) is 18.3 Å². The van der Waals surface area contributed by atoms with Gasteiger partial charge in [-0.3, -0.25) is 9.69 Å². The summed E-state index contributed by atoms with van der Waals surface area (Å²) in [5, 5.41) is 5.14. The van der Waals surface area contributed by atoms with Crippen LogP contribution in [0.2, 0.25) is 0 Å². The normalized spacial score (nSPS) is 19.4. The zero-order valence-corrected chi connectivity index (χ0v) is 11.7. The van der Waals surface area contributed by atoms with Crippen LogP contribution in [0.4, 0.5) is 5.82 Å². The number of thiophene rings is 1. The van der Waals surface area contributed by atoms with Crippen molar-refractivity contribution < 1.29 is 9.21 Å². The van der Waals surface area contributed by atoms with Gasteiger partial charge in [0.05, 0.1) is 0 Å². The Bertz CT molecular complexity index is 605. The van der Waals surface area contributed by atoms with E-state index >= 15 is 0 Å². The number of rotatable bonds is 2. The Morgan fingerprint density at radius 2 is 2.42 bits per heavy atom. The van der Waals surface area contributed by atoms with E-state index < -0.39 is 0 Å². The van der Waals surface area contributed by atoms with Crippen LogP contribution in [-0.4, -0.2) is 24.5 Å². The van der Waals surface area contributed by atoms with Gasteiger partial charge in [-0.05, 0) is 30.5 Å². The topological polar surface area (TPSA) is 58.4 Å². The molecule has 2 aromatic heterocycles. The molecule has 5 nitrogen and oxygen atoms in total. The molecule has 100 valence electrons. The number of fused-ring (bicyclic) bond motifs is 1. The number of hydrogen-bond donors (Lipinski definition) is 1. The Labute approximate surface area is 115 Å². The lowest BCUT2D eigenvalue weighted by Crippen LogP contribution is -2.39. The number of anilines is 1. The van der Waals surface area contributed by atoms with Crippen LogP contribution < -0.4 is 10.2 Å². The monoisotopic (exact) mass is 277 g/mol. The molecule has 1 amide bonds. The summed E-state index contributed by atoms with van der Waals surface area (Å²) >= 11 is 1.62. The molecular weight excluding hydrogens is 262 g/mol. The largest absolute Gasteiger partial charge is 0.447 e. The Balaban J connectivity index is 1.98. The van der Waals surface area contributed by atoms with Crippen molar-refractivity contribution in [3.05, 3.63) is 34.0 Å². The summed E-state index contributed by atoms with van der Waals surface area (Å²) in [5.74, 6) is 1.19. The van der Waals surface area contributed by atoms with Crippen molar-refractivity contribution in [2.45, 2.75) is 19.4 Å². The van der Waals surface area contributed by atoms with Gasteiger partial charge in [-0.25, -0.2) is 0 Å². The van der Waals surface area contributed by atoms with E-state index in [2.05, 4.69) is 16.4 Å². The maximum Gasteiger partial charge on any atom is 0.250 e. The second-order valence-electron chi connectivity index (χ2n) is 4.50. The number of oxazole rings is 1. The van der Waals surface area contributed by atoms with Gasteiger partial charge in [0.1, 0.15) is 12.3 Å². The number of carbonyl (C=O) groups excluding carboxylic acids is 1. The number of carbonyl (C=O) groups is 1. The summed E-state index contributed by atoms with van der Waals surface area (Å²) < 4.78 is 5.21. The molecule has 0 aliphatic carbocycles. The smallest absolute Gasteiger partial charge is 0.250 e. The minimum absolute atomic E-state index is 0.0250. The van der Waals surface area contributed by atoms with Gasteiger partial charge in [0.2, 0.25) is 0 Å². The van der Waals surface area contributed by atoms with Gasteiger partial charge in [-0.2, -0.15) is 4.98 Å². The molecule has 0 saturated heterocycles. The van der Waals surface area contributed by atoms with Gasteiger partial charge < -0.3 is 9.73 Å². The predicted molar refractivity (Wildman–Crippen MR) is 73.4 cm³/mol. The average Bonchev–Trinajstić information content (AvgIpc) is 2.98. The summed E-state index contributed by atoms with van der Waals surface area (Å²) in [4.78, 5) is 19.7. The van der Waals surface area contributed by atoms with E-state index in [0.29, 0.717) is 18.3 Å². The number of likely N-dealkylation sites (N-methyl/N-ethyl adjacent to an activating group) is 1. The molecule has 0 aromatic carbocycles. The van der Waals surface area contributed by atoms with Crippen LogP contribution >= 0.6 is 11.3 Å². The number of hydrogen-bond acceptors (Lipinski definition) is 5. The van der Waals surface area contributed by atoms with E-state index in [4.69, 9.17) is 4.42 Å². The lowest BCUT2D eigenvalue weighted by molar-refractivity contribution is -0.120. The van der Waals surface area contributed by atoms with Crippen molar-refractivity contribution in [3.63, 3.8) is 0 Å². The van der Waals surface area contributed by atoms with Crippen molar-refractivity contribution in [3.8, 4) is 0 Å². The van der Waals surface area contributed by atoms with Crippen LogP contribution in [0.3, 0.4) is 0 Å². The van der Waals surface area contributed by atoms with E-state index in [9.17, 15) is 4.79 Å². The van der Waals surface area contributed by atoms with E-state index in [0.717, 1.165) is 11.3 Å². The zero-order valence-electron chi connectivity index (χ0n) is 10.8. The van der Waals surface area contributed by atoms with E-state index in [-0.39, 0.29) is 11.9 Å². The van der Waals surface area contributed by atoms with Crippen molar-refractivity contribution >= 4 is 23.1 Å². The third-order valence-electron chi connectivity index (χ3n) is 3.33. The first-order valence-electron chi connectivity index (χ1n) is 6.17. The Hall–Kier alpha value is -1.66. The zero-order chi connectivity index (χ0) is 13.4. The predicted octanol–water partition coefficient (Wildman–Crippen LogP) is 1.89. The van der Waals surface area contributed by atoms with E-state index in [1.807, 2.05) is 12.4 Å². The highest BCUT2D eigenvalue weighted by Gasteiger charge is 2.32. The number of nitrogens with one attached hydrogen (secondary N) is 1. The van der Waals surface area contributed by atoms with Gasteiger partial charge in [-0.15, -0.1) is 11.3 Å². The molecule has 0 radical (unpaired) electrons. The lowest BCUT2D eigenvalue weighted by Gasteiger charge is -2.21. The molecule has 1 unspecified atom stereocenters. The van der Waals surface area contributed by atoms with Crippen molar-refractivity contribution in [2.75, 3.05) is 18.5 Å². The van der Waals surface area contributed by atoms with Crippen molar-refractivity contribution in [2.24, 2.45) is 0 Å². The third kappa shape index (κ3) is 2.06. The number of amides is 1. The first-order chi connectivity index (χ1) is 9.20. The second kappa shape index (κ2) is 4.79. The average molecular weight is 277 g/mol. The molecule has 3 heterocycles. The maximum absolute atomic E-state index is 12.6. The molecule has 1 N–H and O–H groups in total. The molecule has 1 aliphatic rings.